The Labute approximate surface area is 145 Å². The molecule has 0 bridgehead atoms. The van der Waals surface area contributed by atoms with E-state index in [1.807, 2.05) is 43.3 Å². The second-order valence-electron chi connectivity index (χ2n) is 5.65. The van der Waals surface area contributed by atoms with Gasteiger partial charge in [0.2, 0.25) is 5.89 Å². The van der Waals surface area contributed by atoms with Gasteiger partial charge in [0.25, 0.3) is 0 Å². The van der Waals surface area contributed by atoms with Crippen LogP contribution in [0.25, 0.3) is 11.5 Å². The van der Waals surface area contributed by atoms with E-state index in [2.05, 4.69) is 51.1 Å². The summed E-state index contributed by atoms with van der Waals surface area (Å²) in [4.78, 5) is 6.90. The predicted octanol–water partition coefficient (Wildman–Crippen LogP) is 5.04. The number of oxazole rings is 1. The molecule has 0 spiro atoms. The molecule has 1 heterocycles. The van der Waals surface area contributed by atoms with Crippen molar-refractivity contribution in [3.8, 4) is 11.5 Å². The lowest BCUT2D eigenvalue weighted by Crippen LogP contribution is -2.18. The number of halogens is 1. The number of rotatable bonds is 5. The number of aryl methyl sites for hydroxylation is 1. The normalized spacial score (nSPS) is 11.1. The fourth-order valence-electron chi connectivity index (χ4n) is 2.51. The lowest BCUT2D eigenvalue weighted by Gasteiger charge is -2.16. The summed E-state index contributed by atoms with van der Waals surface area (Å²) in [6, 6.07) is 18.3. The Bertz CT molecular complexity index is 783. The van der Waals surface area contributed by atoms with Gasteiger partial charge in [-0.05, 0) is 37.7 Å². The second kappa shape index (κ2) is 7.11. The Kier molecular flexibility index (Phi) is 4.94. The molecule has 0 fully saturated rings. The van der Waals surface area contributed by atoms with Crippen molar-refractivity contribution < 1.29 is 4.42 Å². The number of hydrogen-bond acceptors (Lipinski definition) is 3. The van der Waals surface area contributed by atoms with E-state index in [4.69, 9.17) is 4.42 Å². The van der Waals surface area contributed by atoms with Crippen molar-refractivity contribution >= 4 is 15.9 Å². The van der Waals surface area contributed by atoms with Crippen molar-refractivity contribution in [1.29, 1.82) is 0 Å². The monoisotopic (exact) mass is 370 g/mol. The molecule has 0 radical (unpaired) electrons. The highest BCUT2D eigenvalue weighted by Gasteiger charge is 2.13. The summed E-state index contributed by atoms with van der Waals surface area (Å²) < 4.78 is 6.96. The van der Waals surface area contributed by atoms with Crippen LogP contribution in [0.1, 0.15) is 17.0 Å². The molecule has 0 saturated carbocycles. The molecular formula is C19H19BrN2O. The third kappa shape index (κ3) is 3.89. The smallest absolute Gasteiger partial charge is 0.226 e. The molecule has 0 unspecified atom stereocenters. The fraction of sp³-hybridized carbons (Fsp3) is 0.211. The molecule has 23 heavy (non-hydrogen) atoms. The van der Waals surface area contributed by atoms with Crippen molar-refractivity contribution in [1.82, 2.24) is 9.88 Å². The molecule has 118 valence electrons. The van der Waals surface area contributed by atoms with Crippen molar-refractivity contribution in [3.05, 3.63) is 76.1 Å². The maximum Gasteiger partial charge on any atom is 0.226 e. The van der Waals surface area contributed by atoms with Crippen LogP contribution < -0.4 is 0 Å². The highest BCUT2D eigenvalue weighted by atomic mass is 79.9. The van der Waals surface area contributed by atoms with Crippen molar-refractivity contribution in [2.45, 2.75) is 20.0 Å². The van der Waals surface area contributed by atoms with E-state index in [0.717, 1.165) is 34.6 Å². The van der Waals surface area contributed by atoms with Gasteiger partial charge in [-0.15, -0.1) is 0 Å². The molecule has 0 aliphatic carbocycles. The molecule has 1 aromatic heterocycles. The maximum atomic E-state index is 5.83. The van der Waals surface area contributed by atoms with Crippen LogP contribution in [0, 0.1) is 6.92 Å². The van der Waals surface area contributed by atoms with Gasteiger partial charge in [0.15, 0.2) is 0 Å². The van der Waals surface area contributed by atoms with E-state index < -0.39 is 0 Å². The predicted molar refractivity (Wildman–Crippen MR) is 96.0 cm³/mol. The maximum absolute atomic E-state index is 5.83. The Hall–Kier alpha value is -1.91. The first-order chi connectivity index (χ1) is 11.1. The van der Waals surface area contributed by atoms with Crippen LogP contribution in [0.5, 0.6) is 0 Å². The fourth-order valence-corrected chi connectivity index (χ4v) is 2.92. The Morgan fingerprint density at radius 3 is 2.43 bits per heavy atom. The SMILES string of the molecule is Cc1oc(-c2ccccc2)nc1CN(C)Cc1ccccc1Br. The summed E-state index contributed by atoms with van der Waals surface area (Å²) in [6.07, 6.45) is 0. The van der Waals surface area contributed by atoms with Gasteiger partial charge in [-0.2, -0.15) is 0 Å². The molecule has 0 aliphatic rings. The van der Waals surface area contributed by atoms with Gasteiger partial charge in [0.1, 0.15) is 5.76 Å². The minimum absolute atomic E-state index is 0.687. The zero-order chi connectivity index (χ0) is 16.2. The van der Waals surface area contributed by atoms with E-state index in [0.29, 0.717) is 5.89 Å². The molecule has 2 aromatic carbocycles. The topological polar surface area (TPSA) is 29.3 Å². The van der Waals surface area contributed by atoms with Crippen LogP contribution in [0.4, 0.5) is 0 Å². The lowest BCUT2D eigenvalue weighted by atomic mass is 10.2. The molecule has 0 saturated heterocycles. The minimum atomic E-state index is 0.687. The van der Waals surface area contributed by atoms with Gasteiger partial charge < -0.3 is 4.42 Å². The molecule has 0 amide bonds. The highest BCUT2D eigenvalue weighted by molar-refractivity contribution is 9.10. The van der Waals surface area contributed by atoms with Crippen LogP contribution in [0.2, 0.25) is 0 Å². The molecule has 3 nitrogen and oxygen atoms in total. The third-order valence-corrected chi connectivity index (χ3v) is 4.50. The summed E-state index contributed by atoms with van der Waals surface area (Å²) in [7, 11) is 2.09. The number of benzene rings is 2. The van der Waals surface area contributed by atoms with Gasteiger partial charge >= 0.3 is 0 Å². The summed E-state index contributed by atoms with van der Waals surface area (Å²) in [5, 5.41) is 0. The van der Waals surface area contributed by atoms with Gasteiger partial charge in [-0.1, -0.05) is 52.3 Å². The summed E-state index contributed by atoms with van der Waals surface area (Å²) in [5.41, 5.74) is 3.26. The lowest BCUT2D eigenvalue weighted by molar-refractivity contribution is 0.313. The van der Waals surface area contributed by atoms with E-state index in [1.54, 1.807) is 0 Å². The first kappa shape index (κ1) is 16.0. The van der Waals surface area contributed by atoms with E-state index >= 15 is 0 Å². The van der Waals surface area contributed by atoms with Crippen LogP contribution in [0.15, 0.2) is 63.5 Å². The second-order valence-corrected chi connectivity index (χ2v) is 6.51. The first-order valence-corrected chi connectivity index (χ1v) is 8.36. The first-order valence-electron chi connectivity index (χ1n) is 7.57. The Balaban J connectivity index is 1.73. The van der Waals surface area contributed by atoms with Crippen molar-refractivity contribution in [2.75, 3.05) is 7.05 Å². The number of hydrogen-bond donors (Lipinski definition) is 0. The molecule has 0 N–H and O–H groups in total. The number of aromatic nitrogens is 1. The zero-order valence-electron chi connectivity index (χ0n) is 13.3. The molecular weight excluding hydrogens is 352 g/mol. The van der Waals surface area contributed by atoms with Crippen LogP contribution >= 0.6 is 15.9 Å². The third-order valence-electron chi connectivity index (χ3n) is 3.73. The van der Waals surface area contributed by atoms with E-state index in [-0.39, 0.29) is 0 Å². The average molecular weight is 371 g/mol. The van der Waals surface area contributed by atoms with Crippen molar-refractivity contribution in [3.63, 3.8) is 0 Å². The van der Waals surface area contributed by atoms with E-state index in [1.165, 1.54) is 5.56 Å². The standard InChI is InChI=1S/C19H19BrN2O/c1-14-18(21-19(23-14)15-8-4-3-5-9-15)13-22(2)12-16-10-6-7-11-17(16)20/h3-11H,12-13H2,1-2H3. The van der Waals surface area contributed by atoms with Crippen LogP contribution in [0.3, 0.4) is 0 Å². The average Bonchev–Trinajstić information content (AvgIpc) is 2.91. The van der Waals surface area contributed by atoms with E-state index in [9.17, 15) is 0 Å². The molecule has 0 atom stereocenters. The molecule has 3 aromatic rings. The number of nitrogens with zero attached hydrogens (tertiary/aromatic N) is 2. The van der Waals surface area contributed by atoms with Gasteiger partial charge in [-0.25, -0.2) is 4.98 Å². The Morgan fingerprint density at radius 2 is 1.70 bits per heavy atom. The van der Waals surface area contributed by atoms with Crippen LogP contribution in [-0.2, 0) is 13.1 Å². The zero-order valence-corrected chi connectivity index (χ0v) is 14.9. The minimum Gasteiger partial charge on any atom is -0.441 e. The summed E-state index contributed by atoms with van der Waals surface area (Å²) >= 11 is 3.60. The summed E-state index contributed by atoms with van der Waals surface area (Å²) in [5.74, 6) is 1.57. The summed E-state index contributed by atoms with van der Waals surface area (Å²) in [6.45, 7) is 3.58. The largest absolute Gasteiger partial charge is 0.441 e. The molecule has 4 heteroatoms. The van der Waals surface area contributed by atoms with Gasteiger partial charge in [0, 0.05) is 23.1 Å². The molecule has 3 rings (SSSR count). The van der Waals surface area contributed by atoms with Crippen molar-refractivity contribution in [2.24, 2.45) is 0 Å². The van der Waals surface area contributed by atoms with Crippen LogP contribution in [-0.4, -0.2) is 16.9 Å². The highest BCUT2D eigenvalue weighted by Crippen LogP contribution is 2.23. The van der Waals surface area contributed by atoms with Gasteiger partial charge in [-0.3, -0.25) is 4.90 Å². The van der Waals surface area contributed by atoms with Gasteiger partial charge in [0.05, 0.1) is 5.69 Å². The quantitative estimate of drug-likeness (QED) is 0.629. The Morgan fingerprint density at radius 1 is 1.00 bits per heavy atom. The molecule has 0 aliphatic heterocycles.